The third-order valence-electron chi connectivity index (χ3n) is 3.14. The Kier molecular flexibility index (Phi) is 6.76. The van der Waals surface area contributed by atoms with Gasteiger partial charge in [-0.2, -0.15) is 0 Å². The molecule has 0 atom stereocenters. The molecule has 128 valence electrons. The van der Waals surface area contributed by atoms with Crippen molar-refractivity contribution in [2.45, 2.75) is 26.4 Å². The topological polar surface area (TPSA) is 50.4 Å². The molecule has 24 heavy (non-hydrogen) atoms. The van der Waals surface area contributed by atoms with E-state index in [1.54, 1.807) is 18.2 Å². The Labute approximate surface area is 152 Å². The second-order valence-electron chi connectivity index (χ2n) is 5.48. The molecule has 0 radical (unpaired) electrons. The van der Waals surface area contributed by atoms with E-state index >= 15 is 0 Å². The van der Waals surface area contributed by atoms with Crippen LogP contribution in [0, 0.1) is 0 Å². The van der Waals surface area contributed by atoms with Crippen LogP contribution in [0.5, 0.6) is 5.75 Å². The SMILES string of the molecule is CC(C)Oc1ccccc1NC(=O)CCNc1c(Cl)cccc1Cl. The minimum atomic E-state index is -0.120. The summed E-state index contributed by atoms with van der Waals surface area (Å²) in [7, 11) is 0. The van der Waals surface area contributed by atoms with Crippen LogP contribution >= 0.6 is 23.2 Å². The van der Waals surface area contributed by atoms with Gasteiger partial charge in [0.2, 0.25) is 5.91 Å². The number of ether oxygens (including phenoxy) is 1. The Morgan fingerprint density at radius 2 is 1.75 bits per heavy atom. The van der Waals surface area contributed by atoms with Crippen molar-refractivity contribution in [1.82, 2.24) is 0 Å². The average molecular weight is 367 g/mol. The van der Waals surface area contributed by atoms with Crippen LogP contribution in [0.15, 0.2) is 42.5 Å². The van der Waals surface area contributed by atoms with Crippen molar-refractivity contribution >= 4 is 40.5 Å². The summed E-state index contributed by atoms with van der Waals surface area (Å²) in [6, 6.07) is 12.6. The van der Waals surface area contributed by atoms with Gasteiger partial charge >= 0.3 is 0 Å². The van der Waals surface area contributed by atoms with Gasteiger partial charge in [-0.1, -0.05) is 41.4 Å². The molecule has 2 N–H and O–H groups in total. The van der Waals surface area contributed by atoms with Crippen molar-refractivity contribution in [3.05, 3.63) is 52.5 Å². The Balaban J connectivity index is 1.90. The number of nitrogens with one attached hydrogen (secondary N) is 2. The highest BCUT2D eigenvalue weighted by atomic mass is 35.5. The lowest BCUT2D eigenvalue weighted by atomic mass is 10.2. The molecule has 6 heteroatoms. The van der Waals surface area contributed by atoms with Gasteiger partial charge in [0.15, 0.2) is 0 Å². The van der Waals surface area contributed by atoms with Gasteiger partial charge in [-0.3, -0.25) is 4.79 Å². The number of carbonyl (C=O) groups is 1. The average Bonchev–Trinajstić information content (AvgIpc) is 2.52. The van der Waals surface area contributed by atoms with Crippen LogP contribution in [0.1, 0.15) is 20.3 Å². The zero-order valence-electron chi connectivity index (χ0n) is 13.6. The summed E-state index contributed by atoms with van der Waals surface area (Å²) in [5, 5.41) is 7.00. The van der Waals surface area contributed by atoms with Crippen molar-refractivity contribution < 1.29 is 9.53 Å². The number of carbonyl (C=O) groups excluding carboxylic acids is 1. The van der Waals surface area contributed by atoms with Gasteiger partial charge in [0.05, 0.1) is 27.5 Å². The monoisotopic (exact) mass is 366 g/mol. The van der Waals surface area contributed by atoms with Crippen molar-refractivity contribution in [3.8, 4) is 5.75 Å². The molecule has 0 aliphatic carbocycles. The Morgan fingerprint density at radius 1 is 1.08 bits per heavy atom. The lowest BCUT2D eigenvalue weighted by Gasteiger charge is -2.15. The highest BCUT2D eigenvalue weighted by Gasteiger charge is 2.10. The number of hydrogen-bond acceptors (Lipinski definition) is 3. The number of para-hydroxylation sites is 3. The van der Waals surface area contributed by atoms with Crippen molar-refractivity contribution in [2.75, 3.05) is 17.2 Å². The van der Waals surface area contributed by atoms with E-state index in [0.29, 0.717) is 33.7 Å². The summed E-state index contributed by atoms with van der Waals surface area (Å²) >= 11 is 12.2. The van der Waals surface area contributed by atoms with Crippen LogP contribution in [0.3, 0.4) is 0 Å². The van der Waals surface area contributed by atoms with E-state index in [9.17, 15) is 4.79 Å². The van der Waals surface area contributed by atoms with E-state index in [2.05, 4.69) is 10.6 Å². The van der Waals surface area contributed by atoms with Gasteiger partial charge in [-0.25, -0.2) is 0 Å². The fourth-order valence-electron chi connectivity index (χ4n) is 2.11. The summed E-state index contributed by atoms with van der Waals surface area (Å²) in [4.78, 5) is 12.1. The van der Waals surface area contributed by atoms with E-state index in [4.69, 9.17) is 27.9 Å². The molecule has 0 fully saturated rings. The van der Waals surface area contributed by atoms with Crippen molar-refractivity contribution in [1.29, 1.82) is 0 Å². The maximum atomic E-state index is 12.1. The number of benzene rings is 2. The van der Waals surface area contributed by atoms with Gasteiger partial charge in [0, 0.05) is 13.0 Å². The smallest absolute Gasteiger partial charge is 0.226 e. The van der Waals surface area contributed by atoms with Crippen LogP contribution in [0.2, 0.25) is 10.0 Å². The van der Waals surface area contributed by atoms with Crippen molar-refractivity contribution in [2.24, 2.45) is 0 Å². The van der Waals surface area contributed by atoms with E-state index in [0.717, 1.165) is 0 Å². The molecule has 4 nitrogen and oxygen atoms in total. The molecule has 0 bridgehead atoms. The molecule has 2 rings (SSSR count). The number of rotatable bonds is 7. The number of halogens is 2. The lowest BCUT2D eigenvalue weighted by Crippen LogP contribution is -2.17. The Hall–Kier alpha value is -1.91. The molecular formula is C18H20Cl2N2O2. The molecular weight excluding hydrogens is 347 g/mol. The first-order chi connectivity index (χ1) is 11.5. The Morgan fingerprint density at radius 3 is 2.42 bits per heavy atom. The minimum Gasteiger partial charge on any atom is -0.489 e. The summed E-state index contributed by atoms with van der Waals surface area (Å²) in [6.07, 6.45) is 0.310. The number of amides is 1. The zero-order valence-corrected chi connectivity index (χ0v) is 15.1. The molecule has 0 aliphatic rings. The van der Waals surface area contributed by atoms with E-state index in [1.807, 2.05) is 38.1 Å². The Bertz CT molecular complexity index is 685. The molecule has 0 saturated heterocycles. The molecule has 1 amide bonds. The molecule has 0 heterocycles. The molecule has 0 aromatic heterocycles. The predicted molar refractivity (Wildman–Crippen MR) is 100 cm³/mol. The van der Waals surface area contributed by atoms with Crippen LogP contribution in [-0.4, -0.2) is 18.6 Å². The molecule has 0 aliphatic heterocycles. The summed E-state index contributed by atoms with van der Waals surface area (Å²) in [5.41, 5.74) is 1.30. The van der Waals surface area contributed by atoms with Crippen molar-refractivity contribution in [3.63, 3.8) is 0 Å². The van der Waals surface area contributed by atoms with Gasteiger partial charge < -0.3 is 15.4 Å². The number of anilines is 2. The molecule has 0 saturated carbocycles. The maximum absolute atomic E-state index is 12.1. The van der Waals surface area contributed by atoms with Gasteiger partial charge in [-0.05, 0) is 38.1 Å². The maximum Gasteiger partial charge on any atom is 0.226 e. The summed E-state index contributed by atoms with van der Waals surface area (Å²) < 4.78 is 5.69. The first-order valence-electron chi connectivity index (χ1n) is 7.71. The first-order valence-corrected chi connectivity index (χ1v) is 8.46. The van der Waals surface area contributed by atoms with Crippen LogP contribution in [-0.2, 0) is 4.79 Å². The minimum absolute atomic E-state index is 0.0343. The lowest BCUT2D eigenvalue weighted by molar-refractivity contribution is -0.116. The highest BCUT2D eigenvalue weighted by molar-refractivity contribution is 6.39. The zero-order chi connectivity index (χ0) is 17.5. The largest absolute Gasteiger partial charge is 0.489 e. The molecule has 2 aromatic carbocycles. The number of hydrogen-bond donors (Lipinski definition) is 2. The van der Waals surface area contributed by atoms with E-state index in [1.165, 1.54) is 0 Å². The second kappa shape index (κ2) is 8.81. The fraction of sp³-hybridized carbons (Fsp3) is 0.278. The van der Waals surface area contributed by atoms with E-state index in [-0.39, 0.29) is 18.4 Å². The van der Waals surface area contributed by atoms with Gasteiger partial charge in [0.25, 0.3) is 0 Å². The molecule has 2 aromatic rings. The summed E-state index contributed by atoms with van der Waals surface area (Å²) in [6.45, 7) is 4.30. The predicted octanol–water partition coefficient (Wildman–Crippen LogP) is 5.22. The molecule has 0 spiro atoms. The second-order valence-corrected chi connectivity index (χ2v) is 6.30. The normalized spacial score (nSPS) is 10.5. The van der Waals surface area contributed by atoms with Crippen LogP contribution < -0.4 is 15.4 Å². The van der Waals surface area contributed by atoms with Gasteiger partial charge in [0.1, 0.15) is 5.75 Å². The third kappa shape index (κ3) is 5.32. The standard InChI is InChI=1S/C18H20Cl2N2O2/c1-12(2)24-16-9-4-3-8-15(16)22-17(23)10-11-21-18-13(19)6-5-7-14(18)20/h3-9,12,21H,10-11H2,1-2H3,(H,22,23). The summed E-state index contributed by atoms with van der Waals surface area (Å²) in [5.74, 6) is 0.536. The molecule has 0 unspecified atom stereocenters. The van der Waals surface area contributed by atoms with E-state index < -0.39 is 0 Å². The van der Waals surface area contributed by atoms with Crippen LogP contribution in [0.25, 0.3) is 0 Å². The quantitative estimate of drug-likeness (QED) is 0.705. The third-order valence-corrected chi connectivity index (χ3v) is 3.77. The van der Waals surface area contributed by atoms with Crippen LogP contribution in [0.4, 0.5) is 11.4 Å². The highest BCUT2D eigenvalue weighted by Crippen LogP contribution is 2.29. The first kappa shape index (κ1) is 18.4. The fourth-order valence-corrected chi connectivity index (χ4v) is 2.64. The van der Waals surface area contributed by atoms with Gasteiger partial charge in [-0.15, -0.1) is 0 Å².